The number of tetrazole rings is 1. The molecule has 2 heterocycles. The second-order valence-electron chi connectivity index (χ2n) is 8.00. The van der Waals surface area contributed by atoms with Crippen LogP contribution in [0.2, 0.25) is 0 Å². The van der Waals surface area contributed by atoms with Crippen molar-refractivity contribution in [2.45, 2.75) is 39.4 Å². The van der Waals surface area contributed by atoms with Crippen LogP contribution in [-0.2, 0) is 10.3 Å². The molecule has 0 fully saturated rings. The Bertz CT molecular complexity index is 1170. The lowest BCUT2D eigenvalue weighted by molar-refractivity contribution is 0.0724. The lowest BCUT2D eigenvalue weighted by Gasteiger charge is -2.17. The van der Waals surface area contributed by atoms with Crippen molar-refractivity contribution in [2.75, 3.05) is 7.11 Å². The van der Waals surface area contributed by atoms with E-state index in [9.17, 15) is 5.11 Å². The molecule has 160 valence electrons. The lowest BCUT2D eigenvalue weighted by atomic mass is 9.99. The summed E-state index contributed by atoms with van der Waals surface area (Å²) in [5.74, 6) is 1.30. The van der Waals surface area contributed by atoms with Crippen molar-refractivity contribution in [3.8, 4) is 28.2 Å². The first-order chi connectivity index (χ1) is 14.8. The number of benzene rings is 2. The summed E-state index contributed by atoms with van der Waals surface area (Å²) in [7, 11) is 1.65. The summed E-state index contributed by atoms with van der Waals surface area (Å²) in [5.41, 5.74) is 4.36. The number of aromatic nitrogens is 6. The fraction of sp³-hybridized carbons (Fsp3) is 0.304. The Morgan fingerprint density at radius 1 is 1.06 bits per heavy atom. The minimum Gasteiger partial charge on any atom is -0.384 e. The summed E-state index contributed by atoms with van der Waals surface area (Å²) < 4.78 is 7.58. The van der Waals surface area contributed by atoms with E-state index in [1.54, 1.807) is 21.0 Å². The number of hydrogen-bond donors (Lipinski definition) is 2. The van der Waals surface area contributed by atoms with Gasteiger partial charge in [-0.1, -0.05) is 36.4 Å². The van der Waals surface area contributed by atoms with E-state index in [2.05, 4.69) is 32.8 Å². The second kappa shape index (κ2) is 8.05. The molecule has 1 atom stereocenters. The van der Waals surface area contributed by atoms with Gasteiger partial charge in [-0.25, -0.2) is 4.98 Å². The molecular weight excluding hydrogens is 392 g/mol. The van der Waals surface area contributed by atoms with E-state index in [1.807, 2.05) is 54.8 Å². The van der Waals surface area contributed by atoms with Crippen LogP contribution < -0.4 is 0 Å². The predicted octanol–water partition coefficient (Wildman–Crippen LogP) is 3.96. The van der Waals surface area contributed by atoms with Gasteiger partial charge in [0, 0.05) is 24.1 Å². The van der Waals surface area contributed by atoms with E-state index >= 15 is 0 Å². The summed E-state index contributed by atoms with van der Waals surface area (Å²) in [6.07, 6.45) is -0.228. The van der Waals surface area contributed by atoms with Gasteiger partial charge in [-0.3, -0.25) is 4.57 Å². The smallest absolute Gasteiger partial charge is 0.205 e. The summed E-state index contributed by atoms with van der Waals surface area (Å²) in [6, 6.07) is 16.1. The van der Waals surface area contributed by atoms with Gasteiger partial charge < -0.3 is 9.84 Å². The molecular formula is C23H26N6O2. The van der Waals surface area contributed by atoms with Crippen LogP contribution in [0.3, 0.4) is 0 Å². The molecule has 4 aromatic rings. The van der Waals surface area contributed by atoms with Crippen LogP contribution in [0.1, 0.15) is 44.1 Å². The largest absolute Gasteiger partial charge is 0.384 e. The van der Waals surface area contributed by atoms with Gasteiger partial charge in [-0.2, -0.15) is 5.21 Å². The highest BCUT2D eigenvalue weighted by atomic mass is 16.5. The first-order valence-corrected chi connectivity index (χ1v) is 10.1. The van der Waals surface area contributed by atoms with Crippen molar-refractivity contribution >= 4 is 0 Å². The number of nitrogens with zero attached hydrogens (tertiary/aromatic N) is 5. The zero-order chi connectivity index (χ0) is 22.2. The number of imidazole rings is 1. The van der Waals surface area contributed by atoms with Crippen molar-refractivity contribution in [1.82, 2.24) is 30.2 Å². The van der Waals surface area contributed by atoms with Gasteiger partial charge >= 0.3 is 0 Å². The van der Waals surface area contributed by atoms with Crippen LogP contribution in [0.15, 0.2) is 48.5 Å². The molecule has 0 aliphatic heterocycles. The van der Waals surface area contributed by atoms with E-state index in [4.69, 9.17) is 9.72 Å². The average molecular weight is 419 g/mol. The fourth-order valence-electron chi connectivity index (χ4n) is 3.80. The fourth-order valence-corrected chi connectivity index (χ4v) is 3.80. The van der Waals surface area contributed by atoms with Crippen molar-refractivity contribution in [3.63, 3.8) is 0 Å². The third-order valence-electron chi connectivity index (χ3n) is 5.38. The summed E-state index contributed by atoms with van der Waals surface area (Å²) in [4.78, 5) is 4.72. The van der Waals surface area contributed by atoms with E-state index in [-0.39, 0.29) is 6.10 Å². The first-order valence-electron chi connectivity index (χ1n) is 10.1. The van der Waals surface area contributed by atoms with Crippen LogP contribution in [-0.4, -0.2) is 42.4 Å². The van der Waals surface area contributed by atoms with Crippen LogP contribution in [0.25, 0.3) is 28.2 Å². The number of H-pyrrole nitrogens is 1. The van der Waals surface area contributed by atoms with Gasteiger partial charge in [0.15, 0.2) is 0 Å². The normalized spacial score (nSPS) is 12.8. The van der Waals surface area contributed by atoms with Gasteiger partial charge in [-0.05, 0) is 56.2 Å². The van der Waals surface area contributed by atoms with Gasteiger partial charge in [0.1, 0.15) is 17.5 Å². The van der Waals surface area contributed by atoms with Crippen LogP contribution in [0.4, 0.5) is 0 Å². The maximum atomic E-state index is 10.6. The van der Waals surface area contributed by atoms with Gasteiger partial charge in [0.2, 0.25) is 5.82 Å². The molecule has 1 unspecified atom stereocenters. The molecule has 2 aromatic carbocycles. The molecule has 4 rings (SSSR count). The molecule has 0 amide bonds. The maximum absolute atomic E-state index is 10.6. The zero-order valence-electron chi connectivity index (χ0n) is 18.3. The van der Waals surface area contributed by atoms with Crippen molar-refractivity contribution in [3.05, 3.63) is 65.7 Å². The number of aliphatic hydroxyl groups is 1. The van der Waals surface area contributed by atoms with Gasteiger partial charge in [0.25, 0.3) is 0 Å². The molecule has 0 spiro atoms. The average Bonchev–Trinajstić information content (AvgIpc) is 3.41. The third kappa shape index (κ3) is 3.87. The monoisotopic (exact) mass is 418 g/mol. The van der Waals surface area contributed by atoms with Crippen molar-refractivity contribution in [2.24, 2.45) is 0 Å². The Balaban J connectivity index is 1.79. The molecule has 31 heavy (non-hydrogen) atoms. The molecule has 0 saturated carbocycles. The highest BCUT2D eigenvalue weighted by Gasteiger charge is 2.28. The number of nitrogens with one attached hydrogen (secondary N) is 1. The van der Waals surface area contributed by atoms with E-state index < -0.39 is 5.60 Å². The Kier molecular flexibility index (Phi) is 5.43. The first kappa shape index (κ1) is 20.9. The molecule has 0 aliphatic rings. The molecule has 0 radical (unpaired) electrons. The molecule has 0 bridgehead atoms. The quantitative estimate of drug-likeness (QED) is 0.491. The molecule has 2 aromatic heterocycles. The molecule has 2 N–H and O–H groups in total. The number of aromatic amines is 1. The molecule has 0 saturated heterocycles. The van der Waals surface area contributed by atoms with Crippen LogP contribution >= 0.6 is 0 Å². The predicted molar refractivity (Wildman–Crippen MR) is 118 cm³/mol. The van der Waals surface area contributed by atoms with Gasteiger partial charge in [-0.15, -0.1) is 10.2 Å². The Hall–Kier alpha value is -3.36. The number of methoxy groups -OCH3 is 1. The number of rotatable bonds is 6. The Morgan fingerprint density at radius 2 is 1.74 bits per heavy atom. The Morgan fingerprint density at radius 3 is 2.32 bits per heavy atom. The van der Waals surface area contributed by atoms with Gasteiger partial charge in [0.05, 0.1) is 5.69 Å². The van der Waals surface area contributed by atoms with Crippen LogP contribution in [0.5, 0.6) is 0 Å². The number of ether oxygens (including phenoxy) is 1. The zero-order valence-corrected chi connectivity index (χ0v) is 18.3. The molecule has 8 heteroatoms. The summed E-state index contributed by atoms with van der Waals surface area (Å²) in [6.45, 7) is 7.39. The lowest BCUT2D eigenvalue weighted by Crippen LogP contribution is -2.17. The van der Waals surface area contributed by atoms with Crippen LogP contribution in [0, 0.1) is 6.92 Å². The van der Waals surface area contributed by atoms with E-state index in [0.717, 1.165) is 33.9 Å². The number of hydrogen-bond acceptors (Lipinski definition) is 6. The second-order valence-corrected chi connectivity index (χ2v) is 8.00. The van der Waals surface area contributed by atoms with Crippen molar-refractivity contribution in [1.29, 1.82) is 0 Å². The topological polar surface area (TPSA) is 102 Å². The molecule has 0 aliphatic carbocycles. The molecule has 8 nitrogen and oxygen atoms in total. The highest BCUT2D eigenvalue weighted by molar-refractivity contribution is 5.80. The standard InChI is InChI=1S/C23H26N6O2/c1-14-20(23(3,4)30)24-22(15(2)31-5)29(14)17-12-10-16(11-13-17)18-8-6-7-9-19(18)21-25-27-28-26-21/h6-13,15,30H,1-5H3,(H,25,26,27,28). The maximum Gasteiger partial charge on any atom is 0.205 e. The van der Waals surface area contributed by atoms with E-state index in [0.29, 0.717) is 11.5 Å². The minimum atomic E-state index is -1.05. The third-order valence-corrected chi connectivity index (χ3v) is 5.38. The Labute approximate surface area is 180 Å². The van der Waals surface area contributed by atoms with E-state index in [1.165, 1.54) is 0 Å². The SMILES string of the molecule is COC(C)c1nc(C(C)(C)O)c(C)n1-c1ccc(-c2ccccc2-c2nn[nH]n2)cc1. The highest BCUT2D eigenvalue weighted by Crippen LogP contribution is 2.33. The summed E-state index contributed by atoms with van der Waals surface area (Å²) in [5, 5.41) is 25.0. The minimum absolute atomic E-state index is 0.228. The summed E-state index contributed by atoms with van der Waals surface area (Å²) >= 11 is 0. The van der Waals surface area contributed by atoms with Crippen molar-refractivity contribution < 1.29 is 9.84 Å².